The Kier molecular flexibility index (Phi) is 13.8. The Labute approximate surface area is 611 Å². The third-order valence-corrected chi connectivity index (χ3v) is 23.9. The van der Waals surface area contributed by atoms with Crippen molar-refractivity contribution >= 4 is 61.6 Å². The molecule has 3 aliphatic rings. The molecule has 104 heavy (non-hydrogen) atoms. The Morgan fingerprint density at radius 3 is 0.981 bits per heavy atom. The molecule has 0 aliphatic heterocycles. The Balaban J connectivity index is 0.652. The first-order valence-electron chi connectivity index (χ1n) is 36.3. The van der Waals surface area contributed by atoms with Crippen LogP contribution in [0.1, 0.15) is 74.9 Å². The van der Waals surface area contributed by atoms with Gasteiger partial charge in [-0.1, -0.05) is 278 Å². The van der Waals surface area contributed by atoms with Gasteiger partial charge in [-0.05, 0) is 230 Å². The molecular formula is C99H72N4S. The highest BCUT2D eigenvalue weighted by Crippen LogP contribution is 2.54. The second-order valence-corrected chi connectivity index (χ2v) is 30.7. The van der Waals surface area contributed by atoms with Crippen molar-refractivity contribution in [2.45, 2.75) is 57.8 Å². The number of rotatable bonds is 11. The van der Waals surface area contributed by atoms with Gasteiger partial charge in [0.05, 0.1) is 28.4 Å². The first kappa shape index (κ1) is 61.6. The zero-order chi connectivity index (χ0) is 69.7. The van der Waals surface area contributed by atoms with E-state index in [1.165, 1.54) is 150 Å². The van der Waals surface area contributed by atoms with Gasteiger partial charge in [0.2, 0.25) is 0 Å². The first-order valence-corrected chi connectivity index (χ1v) is 37.0. The molecule has 0 amide bonds. The number of nitrogens with zero attached hydrogens (tertiary/aromatic N) is 4. The van der Waals surface area contributed by atoms with Crippen LogP contribution < -0.4 is 4.90 Å². The van der Waals surface area contributed by atoms with Crippen molar-refractivity contribution in [3.05, 3.63) is 361 Å². The monoisotopic (exact) mass is 1350 g/mol. The first-order chi connectivity index (χ1) is 50.8. The van der Waals surface area contributed by atoms with Crippen molar-refractivity contribution in [3.8, 4) is 117 Å². The lowest BCUT2D eigenvalue weighted by molar-refractivity contribution is 0.660. The topological polar surface area (TPSA) is 34.0 Å². The summed E-state index contributed by atoms with van der Waals surface area (Å²) in [7, 11) is 0. The number of hydrogen-bond donors (Lipinski definition) is 0. The molecule has 0 radical (unpaired) electrons. The van der Waals surface area contributed by atoms with E-state index in [-0.39, 0.29) is 16.2 Å². The molecule has 0 unspecified atom stereocenters. The SMILES string of the molecule is CC1(C)c2ccccc2-c2ccc(-c3ccc(-c4ccc5c(c4)c4cc(-c6ccc(-c7ccc8c(c7)C(C)(C)c7ccccc7-8)cc6)ccc4n5-c4ccc(-c5ccc(N(c6ccc(-c7ccccc7)cc6)c6ccc(-c7ccc8c(c7)C(C)(C)c7ccccc7-8)cc6)c6nsnc56)cc4)cc3)cc21. The third kappa shape index (κ3) is 9.64. The summed E-state index contributed by atoms with van der Waals surface area (Å²) in [5.74, 6) is 0. The lowest BCUT2D eigenvalue weighted by atomic mass is 9.81. The molecule has 494 valence electrons. The highest BCUT2D eigenvalue weighted by molar-refractivity contribution is 7.00. The molecule has 0 saturated heterocycles. The van der Waals surface area contributed by atoms with Gasteiger partial charge in [-0.25, -0.2) is 0 Å². The molecule has 17 aromatic rings. The predicted molar refractivity (Wildman–Crippen MR) is 437 cm³/mol. The second kappa shape index (κ2) is 23.4. The van der Waals surface area contributed by atoms with Gasteiger partial charge < -0.3 is 9.47 Å². The summed E-state index contributed by atoms with van der Waals surface area (Å²) in [4.78, 5) is 2.34. The molecule has 0 N–H and O–H groups in total. The van der Waals surface area contributed by atoms with Crippen LogP contribution in [0.4, 0.5) is 17.1 Å². The molecule has 4 nitrogen and oxygen atoms in total. The smallest absolute Gasteiger partial charge is 0.129 e. The molecule has 0 spiro atoms. The zero-order valence-corrected chi connectivity index (χ0v) is 59.7. The van der Waals surface area contributed by atoms with Crippen LogP contribution in [0.25, 0.3) is 150 Å². The zero-order valence-electron chi connectivity index (χ0n) is 58.9. The minimum atomic E-state index is -0.0881. The molecule has 0 bridgehead atoms. The van der Waals surface area contributed by atoms with E-state index in [1.54, 1.807) is 0 Å². The van der Waals surface area contributed by atoms with Gasteiger partial charge in [0.25, 0.3) is 0 Å². The van der Waals surface area contributed by atoms with Gasteiger partial charge in [-0.15, -0.1) is 0 Å². The van der Waals surface area contributed by atoms with Gasteiger partial charge in [-0.2, -0.15) is 8.75 Å². The number of anilines is 3. The maximum Gasteiger partial charge on any atom is 0.129 e. The predicted octanol–water partition coefficient (Wildman–Crippen LogP) is 26.8. The summed E-state index contributed by atoms with van der Waals surface area (Å²) in [5, 5.41) is 2.40. The van der Waals surface area contributed by atoms with Crippen molar-refractivity contribution in [3.63, 3.8) is 0 Å². The summed E-state index contributed by atoms with van der Waals surface area (Å²) in [6.45, 7) is 14.1. The van der Waals surface area contributed by atoms with Crippen LogP contribution in [0, 0.1) is 0 Å². The highest BCUT2D eigenvalue weighted by atomic mass is 32.1. The number of benzene rings is 15. The lowest BCUT2D eigenvalue weighted by Crippen LogP contribution is -2.14. The Morgan fingerprint density at radius 2 is 0.558 bits per heavy atom. The molecule has 20 rings (SSSR count). The van der Waals surface area contributed by atoms with E-state index in [9.17, 15) is 0 Å². The van der Waals surface area contributed by atoms with Crippen LogP contribution in [0.15, 0.2) is 328 Å². The van der Waals surface area contributed by atoms with E-state index in [1.807, 2.05) is 0 Å². The number of fused-ring (bicyclic) bond motifs is 13. The fourth-order valence-corrected chi connectivity index (χ4v) is 18.3. The molecule has 0 saturated carbocycles. The maximum absolute atomic E-state index is 5.12. The standard InChI is InChI=1S/C99H72N4S/c1-97(2)86-21-13-10-18-78(86)81-49-38-71(58-89(81)97)65-28-24-63(25-29-65)69-41-53-92-84(56-69)85-57-70(64-26-30-66(31-27-64)72-39-50-82-79-19-11-14-22-87(79)98(3,4)90(82)59-72)42-54-93(85)103(92)76-47-36-68(37-48-76)77-52-55-94(96-95(77)100-104-101-96)102(74-43-32-62(33-44-74)61-16-8-7-9-17-61)75-45-34-67(35-46-75)73-40-51-83-80-20-12-15-23-88(80)99(5,6)91(83)60-73/h7-60H,1-6H3. The fraction of sp³-hybridized carbons (Fsp3) is 0.0909. The van der Waals surface area contributed by atoms with Crippen LogP contribution in [-0.2, 0) is 16.2 Å². The Morgan fingerprint density at radius 1 is 0.250 bits per heavy atom. The second-order valence-electron chi connectivity index (χ2n) is 30.2. The summed E-state index contributed by atoms with van der Waals surface area (Å²) >= 11 is 1.26. The quantitative estimate of drug-likeness (QED) is 0.129. The van der Waals surface area contributed by atoms with Crippen molar-refractivity contribution in [1.82, 2.24) is 13.3 Å². The third-order valence-electron chi connectivity index (χ3n) is 23.4. The number of aromatic nitrogens is 3. The van der Waals surface area contributed by atoms with Crippen LogP contribution >= 0.6 is 11.7 Å². The molecule has 5 heteroatoms. The van der Waals surface area contributed by atoms with Crippen LogP contribution in [0.3, 0.4) is 0 Å². The average Bonchev–Trinajstić information content (AvgIpc) is 1.64. The van der Waals surface area contributed by atoms with E-state index < -0.39 is 0 Å². The van der Waals surface area contributed by atoms with Crippen LogP contribution in [-0.4, -0.2) is 13.3 Å². The van der Waals surface area contributed by atoms with Crippen LogP contribution in [0.2, 0.25) is 0 Å². The van der Waals surface area contributed by atoms with Gasteiger partial charge in [0.1, 0.15) is 11.0 Å². The lowest BCUT2D eigenvalue weighted by Gasteiger charge is -2.26. The van der Waals surface area contributed by atoms with Crippen LogP contribution in [0.5, 0.6) is 0 Å². The molecular weight excluding hydrogens is 1280 g/mol. The van der Waals surface area contributed by atoms with Gasteiger partial charge in [-0.3, -0.25) is 0 Å². The van der Waals surface area contributed by atoms with Gasteiger partial charge in [0, 0.05) is 49.6 Å². The van der Waals surface area contributed by atoms with Crippen molar-refractivity contribution in [1.29, 1.82) is 0 Å². The average molecular weight is 1350 g/mol. The normalized spacial score (nSPS) is 13.9. The van der Waals surface area contributed by atoms with E-state index in [0.717, 1.165) is 61.5 Å². The molecule has 0 fully saturated rings. The largest absolute Gasteiger partial charge is 0.309 e. The van der Waals surface area contributed by atoms with Crippen molar-refractivity contribution in [2.75, 3.05) is 4.90 Å². The highest BCUT2D eigenvalue weighted by Gasteiger charge is 2.38. The summed E-state index contributed by atoms with van der Waals surface area (Å²) < 4.78 is 12.7. The molecule has 3 aliphatic carbocycles. The van der Waals surface area contributed by atoms with Crippen molar-refractivity contribution in [2.24, 2.45) is 0 Å². The van der Waals surface area contributed by atoms with E-state index in [0.29, 0.717) is 0 Å². The molecule has 15 aromatic carbocycles. The van der Waals surface area contributed by atoms with Crippen molar-refractivity contribution < 1.29 is 0 Å². The summed E-state index contributed by atoms with van der Waals surface area (Å²) in [5.41, 5.74) is 40.7. The molecule has 2 aromatic heterocycles. The van der Waals surface area contributed by atoms with E-state index in [4.69, 9.17) is 8.75 Å². The summed E-state index contributed by atoms with van der Waals surface area (Å²) in [6.07, 6.45) is 0. The molecule has 2 heterocycles. The fourth-order valence-electron chi connectivity index (χ4n) is 17.7. The summed E-state index contributed by atoms with van der Waals surface area (Å²) in [6, 6.07) is 122. The number of hydrogen-bond acceptors (Lipinski definition) is 4. The Bertz CT molecular complexity index is 6120. The van der Waals surface area contributed by atoms with E-state index in [2.05, 4.69) is 379 Å². The Hall–Kier alpha value is -12.3. The van der Waals surface area contributed by atoms with Gasteiger partial charge in [0.15, 0.2) is 0 Å². The minimum Gasteiger partial charge on any atom is -0.309 e. The van der Waals surface area contributed by atoms with E-state index >= 15 is 0 Å². The molecule has 0 atom stereocenters. The van der Waals surface area contributed by atoms with Gasteiger partial charge >= 0.3 is 0 Å². The maximum atomic E-state index is 5.12. The minimum absolute atomic E-state index is 0.0661.